The lowest BCUT2D eigenvalue weighted by molar-refractivity contribution is -0.143. The molecule has 1 aliphatic heterocycles. The topological polar surface area (TPSA) is 35.5 Å². The van der Waals surface area contributed by atoms with Crippen LogP contribution in [0.3, 0.4) is 0 Å². The first-order valence-corrected chi connectivity index (χ1v) is 5.61. The fraction of sp³-hybridized carbons (Fsp3) is 0.667. The van der Waals surface area contributed by atoms with Gasteiger partial charge in [-0.05, 0) is 19.9 Å². The second kappa shape index (κ2) is 3.30. The van der Waals surface area contributed by atoms with E-state index in [4.69, 9.17) is 21.1 Å². The Labute approximate surface area is 95.5 Å². The lowest BCUT2D eigenvalue weighted by atomic mass is 10.0. The van der Waals surface area contributed by atoms with Crippen molar-refractivity contribution in [1.82, 2.24) is 0 Å². The molecule has 0 amide bonds. The molecule has 2 aliphatic rings. The van der Waals surface area contributed by atoms with E-state index < -0.39 is 5.79 Å². The van der Waals surface area contributed by atoms with Gasteiger partial charge in [0.2, 0.25) is 0 Å². The number of rotatable bonds is 0. The fourth-order valence-electron chi connectivity index (χ4n) is 1.68. The molecule has 0 aromatic heterocycles. The molecule has 1 heterocycles. The van der Waals surface area contributed by atoms with Crippen molar-refractivity contribution >= 4 is 33.3 Å². The Morgan fingerprint density at radius 1 is 1.50 bits per heavy atom. The van der Waals surface area contributed by atoms with E-state index in [1.807, 2.05) is 0 Å². The molecule has 1 saturated heterocycles. The molecule has 78 valence electrons. The van der Waals surface area contributed by atoms with Crippen LogP contribution >= 0.6 is 27.5 Å². The van der Waals surface area contributed by atoms with E-state index in [1.54, 1.807) is 13.8 Å². The summed E-state index contributed by atoms with van der Waals surface area (Å²) in [5.41, 5.74) is 0. The first-order valence-electron chi connectivity index (χ1n) is 4.31. The van der Waals surface area contributed by atoms with Crippen LogP contribution in [0.4, 0.5) is 0 Å². The van der Waals surface area contributed by atoms with Crippen molar-refractivity contribution in [3.8, 4) is 0 Å². The second-order valence-electron chi connectivity index (χ2n) is 3.85. The molecule has 0 bridgehead atoms. The third-order valence-corrected chi connectivity index (χ3v) is 3.54. The van der Waals surface area contributed by atoms with Crippen LogP contribution in [0, 0.1) is 0 Å². The Morgan fingerprint density at radius 3 is 2.79 bits per heavy atom. The summed E-state index contributed by atoms with van der Waals surface area (Å²) >= 11 is 9.20. The van der Waals surface area contributed by atoms with E-state index in [2.05, 4.69) is 15.9 Å². The minimum atomic E-state index is -0.681. The third kappa shape index (κ3) is 1.65. The van der Waals surface area contributed by atoms with Gasteiger partial charge in [-0.15, -0.1) is 0 Å². The zero-order valence-electron chi connectivity index (χ0n) is 7.79. The number of hydrogen-bond donors (Lipinski definition) is 0. The van der Waals surface area contributed by atoms with Gasteiger partial charge >= 0.3 is 0 Å². The van der Waals surface area contributed by atoms with E-state index in [0.717, 1.165) is 0 Å². The number of ether oxygens (including phenoxy) is 2. The number of alkyl halides is 1. The van der Waals surface area contributed by atoms with Crippen LogP contribution in [-0.2, 0) is 14.3 Å². The highest BCUT2D eigenvalue weighted by Gasteiger charge is 2.49. The van der Waals surface area contributed by atoms with Crippen molar-refractivity contribution < 1.29 is 14.3 Å². The zero-order chi connectivity index (χ0) is 10.5. The van der Waals surface area contributed by atoms with Gasteiger partial charge in [0.1, 0.15) is 17.0 Å². The second-order valence-corrected chi connectivity index (χ2v) is 5.28. The van der Waals surface area contributed by atoms with Crippen LogP contribution in [0.1, 0.15) is 13.8 Å². The normalized spacial score (nSPS) is 40.7. The van der Waals surface area contributed by atoms with E-state index in [0.29, 0.717) is 5.03 Å². The number of fused-ring (bicyclic) bond motifs is 1. The molecule has 0 spiro atoms. The summed E-state index contributed by atoms with van der Waals surface area (Å²) < 4.78 is 11.2. The van der Waals surface area contributed by atoms with Gasteiger partial charge in [-0.25, -0.2) is 0 Å². The van der Waals surface area contributed by atoms with Gasteiger partial charge in [-0.1, -0.05) is 27.5 Å². The highest BCUT2D eigenvalue weighted by Crippen LogP contribution is 2.39. The summed E-state index contributed by atoms with van der Waals surface area (Å²) in [4.78, 5) is 11.1. The summed E-state index contributed by atoms with van der Waals surface area (Å²) in [6.45, 7) is 3.61. The maximum atomic E-state index is 11.4. The predicted octanol–water partition coefficient (Wildman–Crippen LogP) is 1.98. The largest absolute Gasteiger partial charge is 0.342 e. The Bertz CT molecular complexity index is 313. The Balaban J connectivity index is 2.32. The molecule has 2 rings (SSSR count). The molecule has 14 heavy (non-hydrogen) atoms. The van der Waals surface area contributed by atoms with Crippen molar-refractivity contribution in [2.45, 2.75) is 36.7 Å². The van der Waals surface area contributed by atoms with E-state index in [-0.39, 0.29) is 22.8 Å². The maximum Gasteiger partial charge on any atom is 0.173 e. The average Bonchev–Trinajstić information content (AvgIpc) is 2.38. The highest BCUT2D eigenvalue weighted by molar-refractivity contribution is 9.10. The molecule has 3 nitrogen and oxygen atoms in total. The maximum absolute atomic E-state index is 11.4. The summed E-state index contributed by atoms with van der Waals surface area (Å²) in [5, 5.41) is 0.418. The monoisotopic (exact) mass is 280 g/mol. The van der Waals surface area contributed by atoms with Crippen molar-refractivity contribution in [3.63, 3.8) is 0 Å². The van der Waals surface area contributed by atoms with Crippen LogP contribution < -0.4 is 0 Å². The molecule has 0 radical (unpaired) electrons. The standard InChI is InChI=1S/C9H10BrClO3/c1-9(2)13-7-4(11)3-5(12)6(10)8(7)14-9/h3,6-8H,1-2H3/t6-,7-,8+/m1/s1. The lowest BCUT2D eigenvalue weighted by Gasteiger charge is -2.23. The van der Waals surface area contributed by atoms with Gasteiger partial charge < -0.3 is 9.47 Å². The molecule has 0 aromatic carbocycles. The molecular weight excluding hydrogens is 271 g/mol. The Morgan fingerprint density at radius 2 is 2.14 bits per heavy atom. The summed E-state index contributed by atoms with van der Waals surface area (Å²) in [7, 11) is 0. The van der Waals surface area contributed by atoms with Gasteiger partial charge in [0, 0.05) is 0 Å². The van der Waals surface area contributed by atoms with Crippen molar-refractivity contribution in [2.24, 2.45) is 0 Å². The Hall–Kier alpha value is 0.1000. The molecule has 5 heteroatoms. The predicted molar refractivity (Wildman–Crippen MR) is 55.5 cm³/mol. The van der Waals surface area contributed by atoms with Gasteiger partial charge in [-0.3, -0.25) is 4.79 Å². The molecule has 1 fully saturated rings. The highest BCUT2D eigenvalue weighted by atomic mass is 79.9. The number of carbonyl (C=O) groups excluding carboxylic acids is 1. The minimum Gasteiger partial charge on any atom is -0.342 e. The van der Waals surface area contributed by atoms with Gasteiger partial charge in [-0.2, -0.15) is 0 Å². The molecule has 1 aliphatic carbocycles. The number of allylic oxidation sites excluding steroid dienone is 1. The molecule has 0 N–H and O–H groups in total. The fourth-order valence-corrected chi connectivity index (χ4v) is 2.47. The Kier molecular flexibility index (Phi) is 2.50. The first kappa shape index (κ1) is 10.6. The minimum absolute atomic E-state index is 0.0717. The summed E-state index contributed by atoms with van der Waals surface area (Å²) in [6.07, 6.45) is 0.746. The molecule has 3 atom stereocenters. The summed E-state index contributed by atoms with van der Waals surface area (Å²) in [6, 6.07) is 0. The molecular formula is C9H10BrClO3. The average molecular weight is 282 g/mol. The van der Waals surface area contributed by atoms with E-state index in [9.17, 15) is 4.79 Å². The smallest absolute Gasteiger partial charge is 0.173 e. The number of hydrogen-bond acceptors (Lipinski definition) is 3. The van der Waals surface area contributed by atoms with Gasteiger partial charge in [0.05, 0.1) is 5.03 Å². The number of ketones is 1. The quantitative estimate of drug-likeness (QED) is 0.637. The summed E-state index contributed by atoms with van der Waals surface area (Å²) in [5.74, 6) is -0.752. The number of carbonyl (C=O) groups is 1. The van der Waals surface area contributed by atoms with E-state index in [1.165, 1.54) is 6.08 Å². The van der Waals surface area contributed by atoms with Gasteiger partial charge in [0.15, 0.2) is 11.6 Å². The van der Waals surface area contributed by atoms with Crippen LogP contribution in [0.15, 0.2) is 11.1 Å². The lowest BCUT2D eigenvalue weighted by Crippen LogP contribution is -2.40. The molecule has 0 aromatic rings. The van der Waals surface area contributed by atoms with Crippen molar-refractivity contribution in [2.75, 3.05) is 0 Å². The van der Waals surface area contributed by atoms with Crippen LogP contribution in [-0.4, -0.2) is 28.6 Å². The van der Waals surface area contributed by atoms with Crippen LogP contribution in [0.25, 0.3) is 0 Å². The van der Waals surface area contributed by atoms with Gasteiger partial charge in [0.25, 0.3) is 0 Å². The first-order chi connectivity index (χ1) is 6.41. The molecule has 0 unspecified atom stereocenters. The van der Waals surface area contributed by atoms with Crippen molar-refractivity contribution in [3.05, 3.63) is 11.1 Å². The third-order valence-electron chi connectivity index (χ3n) is 2.24. The van der Waals surface area contributed by atoms with Crippen LogP contribution in [0.5, 0.6) is 0 Å². The van der Waals surface area contributed by atoms with Crippen molar-refractivity contribution in [1.29, 1.82) is 0 Å². The van der Waals surface area contributed by atoms with E-state index >= 15 is 0 Å². The SMILES string of the molecule is CC1(C)O[C@H]2[C@H](Br)C(=O)C=C(Cl)[C@H]2O1. The molecule has 0 saturated carbocycles. The number of halogens is 2. The zero-order valence-corrected chi connectivity index (χ0v) is 10.1. The van der Waals surface area contributed by atoms with Crippen LogP contribution in [0.2, 0.25) is 0 Å².